The van der Waals surface area contributed by atoms with E-state index in [0.29, 0.717) is 6.04 Å². The molecule has 0 heterocycles. The molecule has 0 atom stereocenters. The molecule has 0 radical (unpaired) electrons. The first-order chi connectivity index (χ1) is 8.90. The van der Waals surface area contributed by atoms with Crippen LogP contribution in [0, 0.1) is 0 Å². The fourth-order valence-corrected chi connectivity index (χ4v) is 2.60. The first-order valence-corrected chi connectivity index (χ1v) is 8.52. The Bertz CT molecular complexity index is 271. The Morgan fingerprint density at radius 2 is 1.79 bits per heavy atom. The number of nitrogens with one attached hydrogen (secondary N) is 2. The summed E-state index contributed by atoms with van der Waals surface area (Å²) in [5.74, 6) is 1.16. The number of hydrogen-bond acceptors (Lipinski definition) is 4. The zero-order valence-electron chi connectivity index (χ0n) is 12.6. The van der Waals surface area contributed by atoms with Gasteiger partial charge in [0.15, 0.2) is 0 Å². The van der Waals surface area contributed by atoms with Crippen LogP contribution in [0.4, 0.5) is 4.79 Å². The lowest BCUT2D eigenvalue weighted by molar-refractivity contribution is 0.0490. The van der Waals surface area contributed by atoms with E-state index in [-0.39, 0.29) is 12.1 Å². The average Bonchev–Trinajstić information content (AvgIpc) is 2.29. The van der Waals surface area contributed by atoms with Gasteiger partial charge in [-0.2, -0.15) is 11.8 Å². The summed E-state index contributed by atoms with van der Waals surface area (Å²) >= 11 is 1.87. The van der Waals surface area contributed by atoms with E-state index in [1.54, 1.807) is 0 Å². The molecule has 2 N–H and O–H groups in total. The van der Waals surface area contributed by atoms with E-state index in [4.69, 9.17) is 4.74 Å². The van der Waals surface area contributed by atoms with Gasteiger partial charge in [0.2, 0.25) is 0 Å². The zero-order chi connectivity index (χ0) is 14.3. The van der Waals surface area contributed by atoms with E-state index in [0.717, 1.165) is 38.0 Å². The summed E-state index contributed by atoms with van der Waals surface area (Å²) in [6.45, 7) is 6.74. The lowest BCUT2D eigenvalue weighted by Gasteiger charge is -2.30. The quantitative estimate of drug-likeness (QED) is 0.764. The third-order valence-electron chi connectivity index (χ3n) is 3.19. The average molecular weight is 288 g/mol. The third-order valence-corrected chi connectivity index (χ3v) is 3.80. The van der Waals surface area contributed by atoms with E-state index in [9.17, 15) is 4.79 Å². The van der Waals surface area contributed by atoms with Crippen LogP contribution < -0.4 is 10.6 Å². The molecular formula is C14H28N2O2S. The number of carbonyl (C=O) groups is 1. The van der Waals surface area contributed by atoms with Crippen molar-refractivity contribution in [1.29, 1.82) is 0 Å². The smallest absolute Gasteiger partial charge is 0.407 e. The van der Waals surface area contributed by atoms with E-state index >= 15 is 0 Å². The number of rotatable bonds is 5. The molecule has 5 heteroatoms. The second-order valence-electron chi connectivity index (χ2n) is 6.14. The first kappa shape index (κ1) is 16.6. The molecule has 0 bridgehead atoms. The maximum Gasteiger partial charge on any atom is 0.407 e. The standard InChI is InChI=1S/C14H28N2O2S/c1-14(2,3)18-13(17)16-12-7-5-11(6-8-12)15-9-10-19-4/h11-12,15H,5-10H2,1-4H3,(H,16,17). The van der Waals surface area contributed by atoms with Crippen LogP contribution in [0.2, 0.25) is 0 Å². The van der Waals surface area contributed by atoms with Crippen LogP contribution in [0.5, 0.6) is 0 Å². The van der Waals surface area contributed by atoms with Gasteiger partial charge in [-0.15, -0.1) is 0 Å². The Morgan fingerprint density at radius 1 is 1.21 bits per heavy atom. The molecular weight excluding hydrogens is 260 g/mol. The van der Waals surface area contributed by atoms with E-state index in [1.165, 1.54) is 0 Å². The predicted octanol–water partition coefficient (Wildman–Crippen LogP) is 2.77. The molecule has 1 rings (SSSR count). The highest BCUT2D eigenvalue weighted by atomic mass is 32.2. The first-order valence-electron chi connectivity index (χ1n) is 7.12. The van der Waals surface area contributed by atoms with Crippen molar-refractivity contribution in [2.75, 3.05) is 18.6 Å². The van der Waals surface area contributed by atoms with Gasteiger partial charge in [0.1, 0.15) is 5.60 Å². The van der Waals surface area contributed by atoms with E-state index < -0.39 is 5.60 Å². The summed E-state index contributed by atoms with van der Waals surface area (Å²) in [6, 6.07) is 0.886. The molecule has 0 aliphatic heterocycles. The summed E-state index contributed by atoms with van der Waals surface area (Å²) in [6.07, 6.45) is 6.19. The molecule has 19 heavy (non-hydrogen) atoms. The van der Waals surface area contributed by atoms with Gasteiger partial charge in [0.25, 0.3) is 0 Å². The summed E-state index contributed by atoms with van der Waals surface area (Å²) in [4.78, 5) is 11.7. The Morgan fingerprint density at radius 3 is 2.32 bits per heavy atom. The van der Waals surface area contributed by atoms with Crippen LogP contribution in [0.3, 0.4) is 0 Å². The van der Waals surface area contributed by atoms with Crippen molar-refractivity contribution in [3.63, 3.8) is 0 Å². The van der Waals surface area contributed by atoms with Crippen LogP contribution >= 0.6 is 11.8 Å². The minimum Gasteiger partial charge on any atom is -0.444 e. The van der Waals surface area contributed by atoms with Gasteiger partial charge in [0, 0.05) is 24.4 Å². The summed E-state index contributed by atoms with van der Waals surface area (Å²) < 4.78 is 5.28. The molecule has 0 saturated heterocycles. The highest BCUT2D eigenvalue weighted by Gasteiger charge is 2.24. The van der Waals surface area contributed by atoms with Crippen molar-refractivity contribution in [2.24, 2.45) is 0 Å². The highest BCUT2D eigenvalue weighted by molar-refractivity contribution is 7.98. The number of ether oxygens (including phenoxy) is 1. The van der Waals surface area contributed by atoms with E-state index in [1.807, 2.05) is 32.5 Å². The largest absolute Gasteiger partial charge is 0.444 e. The maximum atomic E-state index is 11.7. The fourth-order valence-electron chi connectivity index (χ4n) is 2.28. The molecule has 0 aromatic carbocycles. The van der Waals surface area contributed by atoms with Gasteiger partial charge < -0.3 is 15.4 Å². The molecule has 1 amide bonds. The number of hydrogen-bond donors (Lipinski definition) is 2. The molecule has 0 aromatic heterocycles. The minimum absolute atomic E-state index is 0.272. The molecule has 0 spiro atoms. The van der Waals surface area contributed by atoms with Crippen molar-refractivity contribution in [1.82, 2.24) is 10.6 Å². The second kappa shape index (κ2) is 8.00. The van der Waals surface area contributed by atoms with Gasteiger partial charge >= 0.3 is 6.09 Å². The Labute approximate surface area is 121 Å². The SMILES string of the molecule is CSCCNC1CCC(NC(=O)OC(C)(C)C)CC1. The Hall–Kier alpha value is -0.420. The van der Waals surface area contributed by atoms with Crippen LogP contribution in [-0.2, 0) is 4.74 Å². The highest BCUT2D eigenvalue weighted by Crippen LogP contribution is 2.19. The molecule has 1 aliphatic rings. The van der Waals surface area contributed by atoms with Crippen molar-refractivity contribution in [3.05, 3.63) is 0 Å². The van der Waals surface area contributed by atoms with Gasteiger partial charge in [0.05, 0.1) is 0 Å². The zero-order valence-corrected chi connectivity index (χ0v) is 13.4. The third kappa shape index (κ3) is 7.67. The molecule has 112 valence electrons. The van der Waals surface area contributed by atoms with Crippen LogP contribution in [0.15, 0.2) is 0 Å². The molecule has 1 saturated carbocycles. The van der Waals surface area contributed by atoms with Gasteiger partial charge in [-0.25, -0.2) is 4.79 Å². The van der Waals surface area contributed by atoms with Crippen LogP contribution in [-0.4, -0.2) is 42.3 Å². The predicted molar refractivity (Wildman–Crippen MR) is 81.8 cm³/mol. The van der Waals surface area contributed by atoms with Crippen LogP contribution in [0.1, 0.15) is 46.5 Å². The van der Waals surface area contributed by atoms with E-state index in [2.05, 4.69) is 16.9 Å². The molecule has 1 aliphatic carbocycles. The summed E-state index contributed by atoms with van der Waals surface area (Å²) in [7, 11) is 0. The molecule has 0 aromatic rings. The monoisotopic (exact) mass is 288 g/mol. The van der Waals surface area contributed by atoms with Crippen molar-refractivity contribution in [2.45, 2.75) is 64.1 Å². The number of carbonyl (C=O) groups excluding carboxylic acids is 1. The van der Waals surface area contributed by atoms with Gasteiger partial charge in [-0.05, 0) is 52.7 Å². The molecule has 1 fully saturated rings. The molecule has 0 unspecified atom stereocenters. The topological polar surface area (TPSA) is 50.4 Å². The van der Waals surface area contributed by atoms with Crippen LogP contribution in [0.25, 0.3) is 0 Å². The number of alkyl carbamates (subject to hydrolysis) is 1. The second-order valence-corrected chi connectivity index (χ2v) is 7.13. The summed E-state index contributed by atoms with van der Waals surface area (Å²) in [5, 5.41) is 6.54. The van der Waals surface area contributed by atoms with Crippen molar-refractivity contribution >= 4 is 17.9 Å². The van der Waals surface area contributed by atoms with Gasteiger partial charge in [-0.3, -0.25) is 0 Å². The fraction of sp³-hybridized carbons (Fsp3) is 0.929. The van der Waals surface area contributed by atoms with Gasteiger partial charge in [-0.1, -0.05) is 0 Å². The lowest BCUT2D eigenvalue weighted by atomic mass is 9.91. The Balaban J connectivity index is 2.17. The maximum absolute atomic E-state index is 11.7. The van der Waals surface area contributed by atoms with Crippen molar-refractivity contribution < 1.29 is 9.53 Å². The summed E-state index contributed by atoms with van der Waals surface area (Å²) in [5.41, 5.74) is -0.416. The number of thioether (sulfide) groups is 1. The number of amides is 1. The normalized spacial score (nSPS) is 24.0. The lowest BCUT2D eigenvalue weighted by Crippen LogP contribution is -2.44. The Kier molecular flexibility index (Phi) is 7.00. The van der Waals surface area contributed by atoms with Crippen molar-refractivity contribution in [3.8, 4) is 0 Å². The minimum atomic E-state index is -0.416. The molecule has 4 nitrogen and oxygen atoms in total.